The molecule has 4 aliphatic rings. The first-order chi connectivity index (χ1) is 15.9. The third kappa shape index (κ3) is 4.29. The molecule has 0 radical (unpaired) electrons. The van der Waals surface area contributed by atoms with E-state index in [1.807, 2.05) is 0 Å². The van der Waals surface area contributed by atoms with Crippen molar-refractivity contribution >= 4 is 25.8 Å². The zero-order chi connectivity index (χ0) is 24.4. The topological polar surface area (TPSA) is 86.5 Å². The lowest BCUT2D eigenvalue weighted by molar-refractivity contribution is -0.143. The van der Waals surface area contributed by atoms with Crippen LogP contribution < -0.4 is 10.1 Å². The predicted molar refractivity (Wildman–Crippen MR) is 132 cm³/mol. The number of hydrogen-bond acceptors (Lipinski definition) is 6. The van der Waals surface area contributed by atoms with Crippen molar-refractivity contribution in [3.8, 4) is 5.75 Å². The molecule has 0 aliphatic heterocycles. The third-order valence-corrected chi connectivity index (χ3v) is 13.0. The van der Waals surface area contributed by atoms with Crippen molar-refractivity contribution in [2.75, 3.05) is 6.61 Å². The molecule has 0 spiro atoms. The Bertz CT molecular complexity index is 1050. The van der Waals surface area contributed by atoms with Crippen molar-refractivity contribution in [3.05, 3.63) is 41.1 Å². The predicted octanol–water partition coefficient (Wildman–Crippen LogP) is 5.36. The number of hydrogen-bond donors (Lipinski definition) is 1. The van der Waals surface area contributed by atoms with Gasteiger partial charge in [0.25, 0.3) is 5.91 Å². The van der Waals surface area contributed by atoms with E-state index in [1.165, 1.54) is 0 Å². The molecule has 9 heteroatoms. The highest BCUT2D eigenvalue weighted by atomic mass is 35.5. The molecule has 1 amide bonds. The molecule has 1 aromatic heterocycles. The molecule has 34 heavy (non-hydrogen) atoms. The monoisotopic (exact) mass is 503 g/mol. The summed E-state index contributed by atoms with van der Waals surface area (Å²) in [6, 6.07) is 6.98. The SMILES string of the molecule is CC(C)(C)[Si](C)(C)O[C@H]1C[C@@H](c2nnc(C34CC(NC(=O)COc5ccc(Cl)cc5)(C3)C4)o2)C1. The largest absolute Gasteiger partial charge is 0.484 e. The van der Waals surface area contributed by atoms with Crippen LogP contribution >= 0.6 is 11.6 Å². The molecular weight excluding hydrogens is 470 g/mol. The molecule has 2 aromatic rings. The summed E-state index contributed by atoms with van der Waals surface area (Å²) < 4.78 is 18.2. The van der Waals surface area contributed by atoms with E-state index >= 15 is 0 Å². The molecule has 1 heterocycles. The van der Waals surface area contributed by atoms with Gasteiger partial charge in [0.1, 0.15) is 5.75 Å². The number of aromatic nitrogens is 2. The second kappa shape index (κ2) is 8.07. The first-order valence-corrected chi connectivity index (χ1v) is 15.4. The number of carbonyl (C=O) groups is 1. The van der Waals surface area contributed by atoms with Crippen LogP contribution in [0.25, 0.3) is 0 Å². The van der Waals surface area contributed by atoms with Gasteiger partial charge in [-0.1, -0.05) is 32.4 Å². The van der Waals surface area contributed by atoms with Crippen molar-refractivity contribution in [1.29, 1.82) is 0 Å². The molecule has 0 unspecified atom stereocenters. The highest BCUT2D eigenvalue weighted by Crippen LogP contribution is 2.67. The summed E-state index contributed by atoms with van der Waals surface area (Å²) in [5, 5.41) is 12.7. The van der Waals surface area contributed by atoms with Crippen LogP contribution in [-0.4, -0.2) is 42.7 Å². The zero-order valence-corrected chi connectivity index (χ0v) is 22.4. The van der Waals surface area contributed by atoms with Crippen molar-refractivity contribution < 1.29 is 18.4 Å². The second-order valence-electron chi connectivity index (χ2n) is 12.0. The van der Waals surface area contributed by atoms with Gasteiger partial charge in [-0.2, -0.15) is 0 Å². The number of nitrogens with one attached hydrogen (secondary N) is 1. The Morgan fingerprint density at radius 3 is 2.44 bits per heavy atom. The minimum atomic E-state index is -1.75. The van der Waals surface area contributed by atoms with Gasteiger partial charge in [-0.25, -0.2) is 0 Å². The minimum absolute atomic E-state index is 0.0130. The van der Waals surface area contributed by atoms with E-state index in [4.69, 9.17) is 25.2 Å². The van der Waals surface area contributed by atoms with Gasteiger partial charge in [0.15, 0.2) is 14.9 Å². The Balaban J connectivity index is 1.08. The molecule has 4 fully saturated rings. The molecule has 1 N–H and O–H groups in total. The van der Waals surface area contributed by atoms with Crippen molar-refractivity contribution in [1.82, 2.24) is 15.5 Å². The normalized spacial score (nSPS) is 30.1. The maximum atomic E-state index is 12.4. The Kier molecular flexibility index (Phi) is 5.65. The summed E-state index contributed by atoms with van der Waals surface area (Å²) in [6.45, 7) is 11.4. The highest BCUT2D eigenvalue weighted by Gasteiger charge is 2.72. The van der Waals surface area contributed by atoms with Gasteiger partial charge in [0, 0.05) is 22.6 Å². The smallest absolute Gasteiger partial charge is 0.258 e. The number of benzene rings is 1. The van der Waals surface area contributed by atoms with Gasteiger partial charge < -0.3 is 18.9 Å². The lowest BCUT2D eigenvalue weighted by atomic mass is 9.39. The number of halogens is 1. The number of ether oxygens (including phenoxy) is 1. The Morgan fingerprint density at radius 1 is 1.18 bits per heavy atom. The summed E-state index contributed by atoms with van der Waals surface area (Å²) in [5.41, 5.74) is -0.232. The number of amides is 1. The fourth-order valence-electron chi connectivity index (χ4n) is 5.23. The second-order valence-corrected chi connectivity index (χ2v) is 17.2. The summed E-state index contributed by atoms with van der Waals surface area (Å²) in [5.74, 6) is 2.27. The fourth-order valence-corrected chi connectivity index (χ4v) is 6.74. The van der Waals surface area contributed by atoms with Crippen LogP contribution in [0, 0.1) is 0 Å². The van der Waals surface area contributed by atoms with Crippen LogP contribution in [0.2, 0.25) is 23.2 Å². The Morgan fingerprint density at radius 2 is 1.82 bits per heavy atom. The van der Waals surface area contributed by atoms with Crippen molar-refractivity contribution in [3.63, 3.8) is 0 Å². The number of nitrogens with zero attached hydrogens (tertiary/aromatic N) is 2. The fraction of sp³-hybridized carbons (Fsp3) is 0.640. The van der Waals surface area contributed by atoms with E-state index in [9.17, 15) is 4.79 Å². The summed E-state index contributed by atoms with van der Waals surface area (Å²) in [7, 11) is -1.75. The van der Waals surface area contributed by atoms with Crippen LogP contribution in [0.5, 0.6) is 5.75 Å². The Labute approximate surface area is 207 Å². The van der Waals surface area contributed by atoms with Gasteiger partial charge in [-0.15, -0.1) is 10.2 Å². The van der Waals surface area contributed by atoms with Crippen molar-refractivity contribution in [2.45, 2.75) is 94.0 Å². The van der Waals surface area contributed by atoms with E-state index in [0.717, 1.165) is 43.9 Å². The molecule has 184 valence electrons. The van der Waals surface area contributed by atoms with Crippen molar-refractivity contribution in [2.24, 2.45) is 0 Å². The van der Waals surface area contributed by atoms with Gasteiger partial charge in [-0.05, 0) is 74.5 Å². The van der Waals surface area contributed by atoms with Crippen LogP contribution in [0.15, 0.2) is 28.7 Å². The standard InChI is InChI=1S/C25H34ClN3O4Si/c1-23(2,3)34(4,5)33-19-10-16(11-19)21-28-29-22(32-21)24-13-25(14-24,15-24)27-20(30)12-31-18-8-6-17(26)7-9-18/h6-9,16,19H,10-15H2,1-5H3,(H,27,30)/t16-,19+,24?,25?. The third-order valence-electron chi connectivity index (χ3n) is 8.22. The number of rotatable bonds is 8. The first kappa shape index (κ1) is 23.8. The first-order valence-electron chi connectivity index (χ1n) is 12.1. The van der Waals surface area contributed by atoms with Gasteiger partial charge >= 0.3 is 0 Å². The van der Waals surface area contributed by atoms with E-state index < -0.39 is 8.32 Å². The van der Waals surface area contributed by atoms with Crippen LogP contribution in [0.1, 0.15) is 70.6 Å². The lowest BCUT2D eigenvalue weighted by Crippen LogP contribution is -2.77. The molecule has 4 aliphatic carbocycles. The molecule has 4 saturated carbocycles. The molecule has 7 nitrogen and oxygen atoms in total. The van der Waals surface area contributed by atoms with E-state index in [2.05, 4.69) is 49.4 Å². The quantitative estimate of drug-likeness (QED) is 0.488. The summed E-state index contributed by atoms with van der Waals surface area (Å²) >= 11 is 5.87. The molecule has 6 rings (SSSR count). The average Bonchev–Trinajstić information content (AvgIpc) is 3.14. The van der Waals surface area contributed by atoms with Crippen LogP contribution in [0.4, 0.5) is 0 Å². The highest BCUT2D eigenvalue weighted by molar-refractivity contribution is 6.74. The molecular formula is C25H34ClN3O4Si. The zero-order valence-electron chi connectivity index (χ0n) is 20.6. The maximum Gasteiger partial charge on any atom is 0.258 e. The van der Waals surface area contributed by atoms with Gasteiger partial charge in [0.2, 0.25) is 11.8 Å². The maximum absolute atomic E-state index is 12.4. The lowest BCUT2D eigenvalue weighted by Gasteiger charge is -2.68. The molecule has 0 atom stereocenters. The van der Waals surface area contributed by atoms with Gasteiger partial charge in [-0.3, -0.25) is 4.79 Å². The molecule has 1 aromatic carbocycles. The van der Waals surface area contributed by atoms with Crippen LogP contribution in [-0.2, 0) is 14.6 Å². The van der Waals surface area contributed by atoms with Crippen LogP contribution in [0.3, 0.4) is 0 Å². The molecule has 2 bridgehead atoms. The minimum Gasteiger partial charge on any atom is -0.484 e. The van der Waals surface area contributed by atoms with E-state index in [0.29, 0.717) is 22.8 Å². The Hall–Kier alpha value is -1.90. The molecule has 0 saturated heterocycles. The summed E-state index contributed by atoms with van der Waals surface area (Å²) in [4.78, 5) is 12.4. The van der Waals surface area contributed by atoms with E-state index in [-0.39, 0.29) is 28.5 Å². The van der Waals surface area contributed by atoms with E-state index in [1.54, 1.807) is 24.3 Å². The number of carbonyl (C=O) groups excluding carboxylic acids is 1. The average molecular weight is 504 g/mol. The summed E-state index contributed by atoms with van der Waals surface area (Å²) in [6.07, 6.45) is 4.73. The van der Waals surface area contributed by atoms with Gasteiger partial charge in [0.05, 0.1) is 5.41 Å².